The second kappa shape index (κ2) is 25.8. The van der Waals surface area contributed by atoms with Crippen LogP contribution in [-0.2, 0) is 4.79 Å². The molecule has 0 aliphatic heterocycles. The SMILES string of the molecule is C=C(C)[C@@H]1CC[C@]2(C(=C)O)CC[C@]3(C)C(CCC4[C@@]5(C)CC/C(=N\O)[C@@](C)(CO)[C@@H]5CC[C@]43C)C12.C=C(C)[C@@H]1CC[C@]2(C(=C)O)CC[C@]3(C)C(CCC4[C@@]5(C)CC[C@H](O)[C@@](C)(CO)[C@@H]5CC[C@]43C)C12.C=C(C)[C@@H]1CC[C@]2(C=NC)CC[C@]3(C)C(CCC4[C@@]5(C)CCC(=O)[C@@](C)(CO)[C@@H]5CC[C@]43C)C12. The van der Waals surface area contributed by atoms with Crippen molar-refractivity contribution in [2.75, 3.05) is 26.9 Å². The van der Waals surface area contributed by atoms with Crippen molar-refractivity contribution in [3.63, 3.8) is 0 Å². The maximum absolute atomic E-state index is 13.0. The second-order valence-electron chi connectivity index (χ2n) is 43.2. The third-order valence-electron chi connectivity index (χ3n) is 40.9. The zero-order chi connectivity index (χ0) is 75.2. The van der Waals surface area contributed by atoms with Gasteiger partial charge in [-0.25, -0.2) is 0 Å². The van der Waals surface area contributed by atoms with E-state index in [-0.39, 0.29) is 84.8 Å². The number of aliphatic hydroxyl groups is 6. The molecule has 15 rings (SSSR count). The molecule has 7 N–H and O–H groups in total. The van der Waals surface area contributed by atoms with Crippen molar-refractivity contribution in [1.82, 2.24) is 0 Å². The van der Waals surface area contributed by atoms with Crippen molar-refractivity contribution in [3.05, 3.63) is 61.1 Å². The summed E-state index contributed by atoms with van der Waals surface area (Å²) in [5, 5.41) is 77.7. The van der Waals surface area contributed by atoms with E-state index in [9.17, 15) is 40.6 Å². The van der Waals surface area contributed by atoms with Crippen LogP contribution in [0.25, 0.3) is 0 Å². The lowest BCUT2D eigenvalue weighted by Gasteiger charge is -2.73. The molecule has 0 spiro atoms. The normalized spacial score (nSPS) is 55.2. The summed E-state index contributed by atoms with van der Waals surface area (Å²) >= 11 is 0. The molecule has 15 aliphatic rings. The van der Waals surface area contributed by atoms with Crippen molar-refractivity contribution < 1.29 is 40.6 Å². The number of allylic oxidation sites excluding steroid dienone is 5. The van der Waals surface area contributed by atoms with Crippen LogP contribution in [-0.4, -0.2) is 86.5 Å². The van der Waals surface area contributed by atoms with Crippen LogP contribution in [0.3, 0.4) is 0 Å². The van der Waals surface area contributed by atoms with E-state index in [1.54, 1.807) is 0 Å². The molecule has 0 aromatic carbocycles. The van der Waals surface area contributed by atoms with Crippen molar-refractivity contribution in [2.45, 2.75) is 303 Å². The molecular weight excluding hydrogens is 1270 g/mol. The summed E-state index contributed by atoms with van der Waals surface area (Å²) in [6, 6.07) is 0. The molecule has 0 radical (unpaired) electrons. The molecule has 0 amide bonds. The van der Waals surface area contributed by atoms with Crippen LogP contribution in [0.15, 0.2) is 71.3 Å². The molecule has 15 saturated carbocycles. The fourth-order valence-corrected chi connectivity index (χ4v) is 34.8. The second-order valence-corrected chi connectivity index (χ2v) is 43.2. The van der Waals surface area contributed by atoms with Crippen LogP contribution in [0.5, 0.6) is 0 Å². The molecule has 9 unspecified atom stereocenters. The van der Waals surface area contributed by atoms with Gasteiger partial charge in [-0.05, 0) is 344 Å². The molecule has 0 aromatic heterocycles. The van der Waals surface area contributed by atoms with Crippen LogP contribution in [0.2, 0.25) is 0 Å². The summed E-state index contributed by atoms with van der Waals surface area (Å²) in [6.07, 6.45) is 35.5. The van der Waals surface area contributed by atoms with Crippen LogP contribution >= 0.6 is 0 Å². The average molecular weight is 1420 g/mol. The molecule has 0 heterocycles. The van der Waals surface area contributed by atoms with Gasteiger partial charge < -0.3 is 40.8 Å². The van der Waals surface area contributed by atoms with Crippen LogP contribution in [0.4, 0.5) is 0 Å². The Morgan fingerprint density at radius 1 is 0.417 bits per heavy atom. The van der Waals surface area contributed by atoms with E-state index in [0.717, 1.165) is 114 Å². The fourth-order valence-electron chi connectivity index (χ4n) is 34.8. The number of aliphatic hydroxyl groups excluding tert-OH is 6. The number of ketones is 1. The van der Waals surface area contributed by atoms with Gasteiger partial charge in [-0.3, -0.25) is 4.79 Å². The lowest BCUT2D eigenvalue weighted by Crippen LogP contribution is -2.67. The van der Waals surface area contributed by atoms with Gasteiger partial charge in [0.25, 0.3) is 0 Å². The number of carbonyl (C=O) groups is 1. The van der Waals surface area contributed by atoms with Crippen LogP contribution in [0.1, 0.15) is 296 Å². The minimum absolute atomic E-state index is 0.0106. The highest BCUT2D eigenvalue weighted by atomic mass is 16.4. The monoisotopic (exact) mass is 1420 g/mol. The number of hydrogen-bond donors (Lipinski definition) is 7. The molecule has 10 nitrogen and oxygen atoms in total. The number of nitrogens with zero attached hydrogens (tertiary/aromatic N) is 2. The molecule has 15 aliphatic carbocycles. The molecule has 578 valence electrons. The third kappa shape index (κ3) is 10.1. The summed E-state index contributed by atoms with van der Waals surface area (Å²) in [7, 11) is 1.97. The van der Waals surface area contributed by atoms with Gasteiger partial charge in [-0.15, -0.1) is 0 Å². The summed E-state index contributed by atoms with van der Waals surface area (Å²) in [5.74, 6) is 9.11. The van der Waals surface area contributed by atoms with E-state index in [1.807, 2.05) is 7.05 Å². The van der Waals surface area contributed by atoms with Gasteiger partial charge in [0.2, 0.25) is 0 Å². The van der Waals surface area contributed by atoms with Gasteiger partial charge in [-0.2, -0.15) is 0 Å². The topological polar surface area (TPSA) is 183 Å². The molecular formula is C93H148N2O8. The Bertz CT molecular complexity index is 3440. The highest BCUT2D eigenvalue weighted by molar-refractivity contribution is 5.91. The Hall–Kier alpha value is -3.05. The van der Waals surface area contributed by atoms with Gasteiger partial charge in [-0.1, -0.05) is 138 Å². The first-order valence-corrected chi connectivity index (χ1v) is 42.5. The summed E-state index contributed by atoms with van der Waals surface area (Å²) in [6.45, 7) is 58.0. The lowest BCUT2D eigenvalue weighted by atomic mass is 9.32. The Kier molecular flexibility index (Phi) is 19.5. The predicted molar refractivity (Wildman–Crippen MR) is 419 cm³/mol. The van der Waals surface area contributed by atoms with Gasteiger partial charge >= 0.3 is 0 Å². The number of carbonyl (C=O) groups excluding carboxylic acids is 1. The van der Waals surface area contributed by atoms with Crippen LogP contribution < -0.4 is 0 Å². The highest BCUT2D eigenvalue weighted by Crippen LogP contribution is 2.82. The zero-order valence-corrected chi connectivity index (χ0v) is 68.1. The number of hydrogen-bond acceptors (Lipinski definition) is 10. The standard InChI is InChI=1S/C31H49NO3.C31H49NO2.C31H50O3/c1-19(2)21-10-15-31(20(3)34)17-16-29(6)22(26(21)31)8-9-24-27(4)13-12-25(32-35)28(5,18-33)23(27)11-14-30(24,29)7;1-20(2)21-10-15-31(18-32-7)17-16-29(5)22(26(21)31)8-9-24-27(3)13-12-25(34)28(4,19-33)23(27)11-14-30(24,29)6;1-19(2)21-10-15-31(20(3)33)17-16-29(6)22(26(21)31)8-9-24-27(4)13-12-25(34)28(5,18-32)23(27)11-14-30(24,29)7/h21-24,26,33-35H,1,3,8-18H2,2,4-7H3;18,21-24,26,33H,1,8-17,19H2,2-7H3;21-26,32-34H,1,3,8-18H2,2,4-7H3/b32-25+;;/t2*21-,22?,23+,24?,26?,27-,28-,29+,30+,31+;21-,22?,23+,24?,25-,26?,27-,28-,29+,30+,31+/m000/s1. The number of oxime groups is 1. The molecule has 103 heavy (non-hydrogen) atoms. The first kappa shape index (κ1) is 78.1. The molecule has 0 aromatic rings. The van der Waals surface area contributed by atoms with E-state index in [2.05, 4.69) is 153 Å². The van der Waals surface area contributed by atoms with E-state index >= 15 is 0 Å². The van der Waals surface area contributed by atoms with E-state index < -0.39 is 16.9 Å². The maximum atomic E-state index is 13.0. The Labute approximate surface area is 625 Å². The Morgan fingerprint density at radius 3 is 1.21 bits per heavy atom. The highest BCUT2D eigenvalue weighted by Gasteiger charge is 2.76. The minimum atomic E-state index is -0.554. The van der Waals surface area contributed by atoms with Gasteiger partial charge in [0.15, 0.2) is 0 Å². The Balaban J connectivity index is 0.000000138. The molecule has 10 heteroatoms. The molecule has 31 atom stereocenters. The maximum Gasteiger partial charge on any atom is 0.141 e. The molecule has 0 saturated heterocycles. The Morgan fingerprint density at radius 2 is 0.806 bits per heavy atom. The van der Waals surface area contributed by atoms with E-state index in [0.29, 0.717) is 112 Å². The zero-order valence-electron chi connectivity index (χ0n) is 68.1. The summed E-state index contributed by atoms with van der Waals surface area (Å²) in [4.78, 5) is 17.6. The van der Waals surface area contributed by atoms with Crippen LogP contribution in [0, 0.1) is 170 Å². The van der Waals surface area contributed by atoms with Gasteiger partial charge in [0.05, 0.1) is 48.6 Å². The van der Waals surface area contributed by atoms with Gasteiger partial charge in [0, 0.05) is 46.8 Å². The predicted octanol–water partition coefficient (Wildman–Crippen LogP) is 21.5. The molecule has 15 fully saturated rings. The van der Waals surface area contributed by atoms with Crippen molar-refractivity contribution in [3.8, 4) is 0 Å². The van der Waals surface area contributed by atoms with E-state index in [1.165, 1.54) is 100 Å². The summed E-state index contributed by atoms with van der Waals surface area (Å²) in [5.41, 5.74) is 5.33. The van der Waals surface area contributed by atoms with Crippen molar-refractivity contribution in [2.24, 2.45) is 180 Å². The van der Waals surface area contributed by atoms with Crippen molar-refractivity contribution >= 4 is 17.7 Å². The number of fused-ring (bicyclic) bond motifs is 21. The fraction of sp³-hybridized carbons (Fsp3) is 0.860. The average Bonchev–Trinajstić information content (AvgIpc) is 1.60. The smallest absolute Gasteiger partial charge is 0.141 e. The first-order valence-electron chi connectivity index (χ1n) is 42.5. The number of aliphatic imine (C=N–C) groups is 1. The molecule has 0 bridgehead atoms. The quantitative estimate of drug-likeness (QED) is 0.0391. The first-order chi connectivity index (χ1) is 48.1. The van der Waals surface area contributed by atoms with E-state index in [4.69, 9.17) is 0 Å². The minimum Gasteiger partial charge on any atom is -0.512 e. The largest absolute Gasteiger partial charge is 0.512 e. The summed E-state index contributed by atoms with van der Waals surface area (Å²) < 4.78 is 0. The lowest BCUT2D eigenvalue weighted by molar-refractivity contribution is -0.253. The van der Waals surface area contributed by atoms with Crippen molar-refractivity contribution in [1.29, 1.82) is 0 Å². The number of Topliss-reactive ketones (excluding diaryl/α,β-unsaturated/α-hetero) is 1. The third-order valence-corrected chi connectivity index (χ3v) is 40.9. The van der Waals surface area contributed by atoms with Gasteiger partial charge in [0.1, 0.15) is 5.78 Å². The number of rotatable bonds is 9.